The maximum atomic E-state index is 11.9. The Labute approximate surface area is 199 Å². The SMILES string of the molecule is CCC(=O)c1ccc(OCCCCN2CCC(c3noc4cc(Cl)ccc34)CC2)c(OC)c1. The molecule has 0 atom stereocenters. The van der Waals surface area contributed by atoms with Crippen LogP contribution in [0.2, 0.25) is 5.02 Å². The summed E-state index contributed by atoms with van der Waals surface area (Å²) in [5.41, 5.74) is 2.49. The van der Waals surface area contributed by atoms with E-state index in [1.54, 1.807) is 19.2 Å². The van der Waals surface area contributed by atoms with E-state index in [1.807, 2.05) is 31.2 Å². The largest absolute Gasteiger partial charge is 0.493 e. The molecule has 1 fully saturated rings. The van der Waals surface area contributed by atoms with E-state index in [0.717, 1.165) is 62.0 Å². The molecule has 0 bridgehead atoms. The quantitative estimate of drug-likeness (QED) is 0.262. The van der Waals surface area contributed by atoms with Crippen LogP contribution in [0.4, 0.5) is 0 Å². The topological polar surface area (TPSA) is 64.8 Å². The van der Waals surface area contributed by atoms with Gasteiger partial charge in [-0.3, -0.25) is 4.79 Å². The molecule has 0 saturated carbocycles. The summed E-state index contributed by atoms with van der Waals surface area (Å²) in [6, 6.07) is 11.1. The molecule has 7 heteroatoms. The average molecular weight is 471 g/mol. The van der Waals surface area contributed by atoms with Gasteiger partial charge >= 0.3 is 0 Å². The van der Waals surface area contributed by atoms with Gasteiger partial charge in [-0.15, -0.1) is 0 Å². The number of hydrogen-bond acceptors (Lipinski definition) is 6. The Morgan fingerprint density at radius 1 is 1.15 bits per heavy atom. The van der Waals surface area contributed by atoms with Gasteiger partial charge in [-0.05, 0) is 75.6 Å². The molecular weight excluding hydrogens is 440 g/mol. The molecule has 1 aliphatic rings. The minimum Gasteiger partial charge on any atom is -0.493 e. The fourth-order valence-corrected chi connectivity index (χ4v) is 4.60. The van der Waals surface area contributed by atoms with Crippen LogP contribution in [0, 0.1) is 0 Å². The molecule has 0 unspecified atom stereocenters. The van der Waals surface area contributed by atoms with E-state index < -0.39 is 0 Å². The minimum absolute atomic E-state index is 0.102. The second kappa shape index (κ2) is 11.0. The summed E-state index contributed by atoms with van der Waals surface area (Å²) >= 11 is 6.05. The molecule has 3 aromatic rings. The number of ether oxygens (including phenoxy) is 2. The normalized spacial score (nSPS) is 15.1. The van der Waals surface area contributed by atoms with Crippen LogP contribution in [-0.4, -0.2) is 49.2 Å². The number of benzene rings is 2. The number of carbonyl (C=O) groups is 1. The van der Waals surface area contributed by atoms with Crippen molar-refractivity contribution < 1.29 is 18.8 Å². The van der Waals surface area contributed by atoms with Crippen LogP contribution in [0.3, 0.4) is 0 Å². The number of piperidine rings is 1. The van der Waals surface area contributed by atoms with E-state index in [9.17, 15) is 4.79 Å². The van der Waals surface area contributed by atoms with E-state index in [1.165, 1.54) is 0 Å². The standard InChI is InChI=1S/C26H31ClN2O4/c1-3-22(30)19-6-9-23(25(16-19)31-2)32-15-5-4-12-29-13-10-18(11-14-29)26-21-8-7-20(27)17-24(21)33-28-26/h6-9,16-18H,3-5,10-15H2,1-2H3. The zero-order valence-electron chi connectivity index (χ0n) is 19.3. The Hall–Kier alpha value is -2.57. The van der Waals surface area contributed by atoms with Crippen LogP contribution in [0.15, 0.2) is 40.9 Å². The molecule has 2 aromatic carbocycles. The number of halogens is 1. The summed E-state index contributed by atoms with van der Waals surface area (Å²) in [4.78, 5) is 14.4. The number of hydrogen-bond donors (Lipinski definition) is 0. The highest BCUT2D eigenvalue weighted by Gasteiger charge is 2.24. The molecule has 176 valence electrons. The van der Waals surface area contributed by atoms with Crippen LogP contribution >= 0.6 is 11.6 Å². The number of nitrogens with zero attached hydrogens (tertiary/aromatic N) is 2. The third-order valence-corrected chi connectivity index (χ3v) is 6.60. The molecule has 0 radical (unpaired) electrons. The van der Waals surface area contributed by atoms with Gasteiger partial charge in [0.25, 0.3) is 0 Å². The Balaban J connectivity index is 1.19. The smallest absolute Gasteiger partial charge is 0.168 e. The zero-order chi connectivity index (χ0) is 23.2. The number of ketones is 1. The highest BCUT2D eigenvalue weighted by Crippen LogP contribution is 2.33. The first-order valence-electron chi connectivity index (χ1n) is 11.7. The van der Waals surface area contributed by atoms with Crippen molar-refractivity contribution in [2.45, 2.75) is 44.9 Å². The number of aromatic nitrogens is 1. The van der Waals surface area contributed by atoms with Gasteiger partial charge < -0.3 is 18.9 Å². The third-order valence-electron chi connectivity index (χ3n) is 6.37. The van der Waals surface area contributed by atoms with Gasteiger partial charge in [0.15, 0.2) is 22.9 Å². The molecular formula is C26H31ClN2O4. The lowest BCUT2D eigenvalue weighted by Crippen LogP contribution is -2.34. The van der Waals surface area contributed by atoms with Crippen LogP contribution in [-0.2, 0) is 0 Å². The van der Waals surface area contributed by atoms with E-state index in [0.29, 0.717) is 41.0 Å². The molecule has 0 amide bonds. The van der Waals surface area contributed by atoms with Gasteiger partial charge in [-0.25, -0.2) is 0 Å². The third kappa shape index (κ3) is 5.68. The van der Waals surface area contributed by atoms with Gasteiger partial charge in [0.2, 0.25) is 0 Å². The predicted octanol–water partition coefficient (Wildman–Crippen LogP) is 6.12. The van der Waals surface area contributed by atoms with Crippen molar-refractivity contribution in [2.75, 3.05) is 33.4 Å². The molecule has 1 saturated heterocycles. The van der Waals surface area contributed by atoms with Crippen molar-refractivity contribution in [1.82, 2.24) is 10.1 Å². The van der Waals surface area contributed by atoms with E-state index in [2.05, 4.69) is 10.1 Å². The van der Waals surface area contributed by atoms with Gasteiger partial charge in [-0.2, -0.15) is 0 Å². The number of rotatable bonds is 10. The van der Waals surface area contributed by atoms with Crippen molar-refractivity contribution in [3.63, 3.8) is 0 Å². The summed E-state index contributed by atoms with van der Waals surface area (Å²) in [5, 5.41) is 6.09. The first-order chi connectivity index (χ1) is 16.1. The minimum atomic E-state index is 0.102. The lowest BCUT2D eigenvalue weighted by atomic mass is 9.91. The highest BCUT2D eigenvalue weighted by atomic mass is 35.5. The number of likely N-dealkylation sites (tertiary alicyclic amines) is 1. The van der Waals surface area contributed by atoms with Gasteiger partial charge in [0, 0.05) is 34.4 Å². The zero-order valence-corrected chi connectivity index (χ0v) is 20.1. The number of methoxy groups -OCH3 is 1. The second-order valence-electron chi connectivity index (χ2n) is 8.52. The second-order valence-corrected chi connectivity index (χ2v) is 8.96. The van der Waals surface area contributed by atoms with Crippen molar-refractivity contribution >= 4 is 28.4 Å². The first-order valence-corrected chi connectivity index (χ1v) is 12.1. The molecule has 0 spiro atoms. The maximum absolute atomic E-state index is 11.9. The van der Waals surface area contributed by atoms with Crippen LogP contribution < -0.4 is 9.47 Å². The number of Topliss-reactive ketones (excluding diaryl/α,β-unsaturated/α-hetero) is 1. The molecule has 33 heavy (non-hydrogen) atoms. The van der Waals surface area contributed by atoms with Gasteiger partial charge in [0.1, 0.15) is 0 Å². The molecule has 0 N–H and O–H groups in total. The van der Waals surface area contributed by atoms with Crippen molar-refractivity contribution in [1.29, 1.82) is 0 Å². The molecule has 1 aliphatic heterocycles. The van der Waals surface area contributed by atoms with Crippen molar-refractivity contribution in [3.8, 4) is 11.5 Å². The van der Waals surface area contributed by atoms with Crippen LogP contribution in [0.5, 0.6) is 11.5 Å². The monoisotopic (exact) mass is 470 g/mol. The van der Waals surface area contributed by atoms with Crippen molar-refractivity contribution in [2.24, 2.45) is 0 Å². The Morgan fingerprint density at radius 2 is 1.97 bits per heavy atom. The number of unbranched alkanes of at least 4 members (excludes halogenated alkanes) is 1. The van der Waals surface area contributed by atoms with Gasteiger partial charge in [-0.1, -0.05) is 23.7 Å². The summed E-state index contributed by atoms with van der Waals surface area (Å²) < 4.78 is 16.8. The van der Waals surface area contributed by atoms with E-state index in [-0.39, 0.29) is 5.78 Å². The highest BCUT2D eigenvalue weighted by molar-refractivity contribution is 6.31. The lowest BCUT2D eigenvalue weighted by molar-refractivity contribution is 0.0987. The molecule has 0 aliphatic carbocycles. The predicted molar refractivity (Wildman–Crippen MR) is 130 cm³/mol. The number of fused-ring (bicyclic) bond motifs is 1. The molecule has 6 nitrogen and oxygen atoms in total. The summed E-state index contributed by atoms with van der Waals surface area (Å²) in [7, 11) is 1.60. The van der Waals surface area contributed by atoms with Crippen LogP contribution in [0.1, 0.15) is 61.0 Å². The van der Waals surface area contributed by atoms with Crippen LogP contribution in [0.25, 0.3) is 11.0 Å². The van der Waals surface area contributed by atoms with Gasteiger partial charge in [0.05, 0.1) is 19.4 Å². The summed E-state index contributed by atoms with van der Waals surface area (Å²) in [6.45, 7) is 5.67. The maximum Gasteiger partial charge on any atom is 0.168 e. The van der Waals surface area contributed by atoms with Crippen molar-refractivity contribution in [3.05, 3.63) is 52.7 Å². The van der Waals surface area contributed by atoms with E-state index in [4.69, 9.17) is 25.6 Å². The fourth-order valence-electron chi connectivity index (χ4n) is 4.44. The first kappa shape index (κ1) is 23.6. The average Bonchev–Trinajstić information content (AvgIpc) is 3.26. The number of carbonyl (C=O) groups excluding carboxylic acids is 1. The summed E-state index contributed by atoms with van der Waals surface area (Å²) in [5.74, 6) is 1.83. The fraction of sp³-hybridized carbons (Fsp3) is 0.462. The Bertz CT molecular complexity index is 1090. The Kier molecular flexibility index (Phi) is 7.89. The van der Waals surface area contributed by atoms with E-state index >= 15 is 0 Å². The molecule has 1 aromatic heterocycles. The Morgan fingerprint density at radius 3 is 2.73 bits per heavy atom. The summed E-state index contributed by atoms with van der Waals surface area (Å²) in [6.07, 6.45) is 4.68. The molecule has 4 rings (SSSR count). The lowest BCUT2D eigenvalue weighted by Gasteiger charge is -2.31. The molecule has 2 heterocycles.